The number of hydrogen-bond acceptors (Lipinski definition) is 4. The number of nitrogens with zero attached hydrogens (tertiary/aromatic N) is 4. The van der Waals surface area contributed by atoms with Crippen LogP contribution in [-0.4, -0.2) is 62.5 Å². The first-order valence-electron chi connectivity index (χ1n) is 7.01. The molecular formula is C14H35N4P. The van der Waals surface area contributed by atoms with Gasteiger partial charge in [0.25, 0.3) is 0 Å². The Morgan fingerprint density at radius 2 is 1.32 bits per heavy atom. The molecule has 5 heteroatoms. The molecule has 19 heavy (non-hydrogen) atoms. The first-order chi connectivity index (χ1) is 8.43. The maximum absolute atomic E-state index is 5.03. The summed E-state index contributed by atoms with van der Waals surface area (Å²) >= 11 is 0. The predicted molar refractivity (Wildman–Crippen MR) is 91.1 cm³/mol. The third-order valence-electron chi connectivity index (χ3n) is 3.24. The fraction of sp³-hybridized carbons (Fsp3) is 0.929. The summed E-state index contributed by atoms with van der Waals surface area (Å²) in [6.07, 6.45) is 3.33. The second-order valence-electron chi connectivity index (χ2n) is 7.30. The van der Waals surface area contributed by atoms with Crippen molar-refractivity contribution in [2.24, 2.45) is 16.1 Å². The average molecular weight is 290 g/mol. The second-order valence-corrected chi connectivity index (χ2v) is 11.4. The Hall–Kier alpha value is -0.0200. The molecule has 4 nitrogen and oxygen atoms in total. The fourth-order valence-corrected chi connectivity index (χ4v) is 6.34. The first kappa shape index (κ1) is 19.0. The number of hydrogen-bond donors (Lipinski definition) is 0. The molecule has 0 aromatic rings. The molecule has 0 rings (SSSR count). The van der Waals surface area contributed by atoms with Crippen molar-refractivity contribution in [2.75, 3.05) is 42.3 Å². The average Bonchev–Trinajstić information content (AvgIpc) is 2.13. The topological polar surface area (TPSA) is 22.1 Å². The maximum atomic E-state index is 5.03. The SMILES string of the molecule is CC(C=N[PH](N(C)C)(N(C)C)N(C)C)CC(C)(C)C. The van der Waals surface area contributed by atoms with Gasteiger partial charge in [0.2, 0.25) is 0 Å². The molecule has 0 aliphatic heterocycles. The van der Waals surface area contributed by atoms with Crippen LogP contribution >= 0.6 is 7.87 Å². The van der Waals surface area contributed by atoms with E-state index in [9.17, 15) is 0 Å². The summed E-state index contributed by atoms with van der Waals surface area (Å²) in [7, 11) is 10.6. The predicted octanol–water partition coefficient (Wildman–Crippen LogP) is 3.22. The van der Waals surface area contributed by atoms with Crippen LogP contribution in [0.5, 0.6) is 0 Å². The van der Waals surface area contributed by atoms with Gasteiger partial charge in [-0.15, -0.1) is 0 Å². The van der Waals surface area contributed by atoms with E-state index in [1.807, 2.05) is 0 Å². The molecule has 0 aromatic carbocycles. The van der Waals surface area contributed by atoms with Crippen LogP contribution < -0.4 is 0 Å². The third-order valence-corrected chi connectivity index (χ3v) is 7.33. The van der Waals surface area contributed by atoms with Gasteiger partial charge in [0.1, 0.15) is 0 Å². The van der Waals surface area contributed by atoms with E-state index in [4.69, 9.17) is 4.76 Å². The first-order valence-corrected chi connectivity index (χ1v) is 8.80. The van der Waals surface area contributed by atoms with Gasteiger partial charge in [-0.05, 0) is 0 Å². The monoisotopic (exact) mass is 290 g/mol. The molecule has 0 bridgehead atoms. The van der Waals surface area contributed by atoms with E-state index in [1.54, 1.807) is 0 Å². The van der Waals surface area contributed by atoms with Gasteiger partial charge in [-0.3, -0.25) is 0 Å². The van der Waals surface area contributed by atoms with E-state index < -0.39 is 7.87 Å². The Balaban J connectivity index is 5.13. The van der Waals surface area contributed by atoms with Crippen LogP contribution in [0.3, 0.4) is 0 Å². The van der Waals surface area contributed by atoms with Crippen molar-refractivity contribution >= 4 is 14.1 Å². The molecule has 0 aromatic heterocycles. The molecule has 0 radical (unpaired) electrons. The molecule has 0 fully saturated rings. The minimum atomic E-state index is -2.10. The summed E-state index contributed by atoms with van der Waals surface area (Å²) in [5.74, 6) is 0.506. The van der Waals surface area contributed by atoms with Crippen LogP contribution in [0.1, 0.15) is 34.1 Å². The molecule has 0 spiro atoms. The van der Waals surface area contributed by atoms with Gasteiger partial charge in [-0.1, -0.05) is 0 Å². The second kappa shape index (κ2) is 7.12. The van der Waals surface area contributed by atoms with E-state index in [1.165, 1.54) is 0 Å². The van der Waals surface area contributed by atoms with Crippen LogP contribution in [0.2, 0.25) is 0 Å². The quantitative estimate of drug-likeness (QED) is 0.554. The van der Waals surface area contributed by atoms with Gasteiger partial charge in [0.05, 0.1) is 0 Å². The van der Waals surface area contributed by atoms with E-state index in [-0.39, 0.29) is 0 Å². The van der Waals surface area contributed by atoms with Crippen molar-refractivity contribution in [3.05, 3.63) is 0 Å². The molecular weight excluding hydrogens is 255 g/mol. The van der Waals surface area contributed by atoms with E-state index >= 15 is 0 Å². The van der Waals surface area contributed by atoms with Crippen LogP contribution in [0, 0.1) is 11.3 Å². The molecule has 1 unspecified atom stereocenters. The van der Waals surface area contributed by atoms with Crippen LogP contribution in [-0.2, 0) is 0 Å². The fourth-order valence-electron chi connectivity index (χ4n) is 2.79. The van der Waals surface area contributed by atoms with Crippen molar-refractivity contribution in [2.45, 2.75) is 34.1 Å². The molecule has 1 atom stereocenters. The van der Waals surface area contributed by atoms with Crippen molar-refractivity contribution in [1.29, 1.82) is 0 Å². The van der Waals surface area contributed by atoms with Crippen molar-refractivity contribution in [3.8, 4) is 0 Å². The Morgan fingerprint density at radius 3 is 1.58 bits per heavy atom. The van der Waals surface area contributed by atoms with Gasteiger partial charge >= 0.3 is 121 Å². The molecule has 0 saturated heterocycles. The van der Waals surface area contributed by atoms with Crippen molar-refractivity contribution < 1.29 is 0 Å². The zero-order valence-corrected chi connectivity index (χ0v) is 15.7. The summed E-state index contributed by atoms with van der Waals surface area (Å²) < 4.78 is 11.8. The van der Waals surface area contributed by atoms with Crippen LogP contribution in [0.25, 0.3) is 0 Å². The summed E-state index contributed by atoms with van der Waals surface area (Å²) in [6, 6.07) is 0. The summed E-state index contributed by atoms with van der Waals surface area (Å²) in [4.78, 5) is 0. The normalized spacial score (nSPS) is 16.9. The Morgan fingerprint density at radius 1 is 0.947 bits per heavy atom. The number of rotatable bonds is 6. The van der Waals surface area contributed by atoms with Gasteiger partial charge in [0, 0.05) is 0 Å². The summed E-state index contributed by atoms with van der Waals surface area (Å²) in [6.45, 7) is 9.11. The Kier molecular flexibility index (Phi) is 7.11. The van der Waals surface area contributed by atoms with Gasteiger partial charge < -0.3 is 0 Å². The molecule has 0 aliphatic carbocycles. The van der Waals surface area contributed by atoms with Crippen molar-refractivity contribution in [1.82, 2.24) is 14.0 Å². The Labute approximate surface area is 121 Å². The van der Waals surface area contributed by atoms with E-state index in [0.717, 1.165) is 6.42 Å². The molecule has 116 valence electrons. The third kappa shape index (κ3) is 5.47. The van der Waals surface area contributed by atoms with Gasteiger partial charge in [-0.2, -0.15) is 0 Å². The molecule has 0 saturated carbocycles. The van der Waals surface area contributed by atoms with Crippen LogP contribution in [0.4, 0.5) is 0 Å². The van der Waals surface area contributed by atoms with Crippen LogP contribution in [0.15, 0.2) is 4.76 Å². The molecule has 0 heterocycles. The zero-order chi connectivity index (χ0) is 15.4. The summed E-state index contributed by atoms with van der Waals surface area (Å²) in [5, 5.41) is 0. The zero-order valence-electron chi connectivity index (χ0n) is 14.7. The standard InChI is InChI=1S/C14H35N4P/c1-13(11-14(2,3)4)12-15-19(16(5)6,17(7)8)18(9)10/h12-13,19H,11H2,1-10H3. The van der Waals surface area contributed by atoms with Crippen molar-refractivity contribution in [3.63, 3.8) is 0 Å². The minimum absolute atomic E-state index is 0.351. The van der Waals surface area contributed by atoms with Gasteiger partial charge in [-0.25, -0.2) is 0 Å². The Bertz CT molecular complexity index is 271. The molecule has 0 aliphatic rings. The summed E-state index contributed by atoms with van der Waals surface area (Å²) in [5.41, 5.74) is 0.351. The van der Waals surface area contributed by atoms with Gasteiger partial charge in [0.15, 0.2) is 0 Å². The van der Waals surface area contributed by atoms with E-state index in [2.05, 4.69) is 90.2 Å². The molecule has 0 N–H and O–H groups in total. The van der Waals surface area contributed by atoms with E-state index in [0.29, 0.717) is 11.3 Å². The molecule has 0 amide bonds.